The Bertz CT molecular complexity index is 1240. The fourth-order valence-corrected chi connectivity index (χ4v) is 3.90. The number of carbonyl (C=O) groups is 1. The summed E-state index contributed by atoms with van der Waals surface area (Å²) in [7, 11) is 1.62. The first-order valence-electron chi connectivity index (χ1n) is 9.19. The highest BCUT2D eigenvalue weighted by atomic mass is 32.1. The van der Waals surface area contributed by atoms with E-state index in [4.69, 9.17) is 9.47 Å². The van der Waals surface area contributed by atoms with Crippen molar-refractivity contribution in [2.24, 2.45) is 0 Å². The zero-order valence-electron chi connectivity index (χ0n) is 16.4. The molecular formula is C22H19N3O4S. The number of benzene rings is 2. The molecule has 2 aromatic heterocycles. The van der Waals surface area contributed by atoms with Gasteiger partial charge in [-0.1, -0.05) is 12.1 Å². The number of nitrogens with zero attached hydrogens (tertiary/aromatic N) is 2. The van der Waals surface area contributed by atoms with Crippen molar-refractivity contribution in [1.29, 1.82) is 0 Å². The van der Waals surface area contributed by atoms with Crippen molar-refractivity contribution in [2.75, 3.05) is 7.11 Å². The van der Waals surface area contributed by atoms with E-state index >= 15 is 0 Å². The van der Waals surface area contributed by atoms with E-state index in [-0.39, 0.29) is 12.3 Å². The van der Waals surface area contributed by atoms with Crippen LogP contribution in [0.1, 0.15) is 21.7 Å². The number of esters is 1. The van der Waals surface area contributed by atoms with Gasteiger partial charge < -0.3 is 14.5 Å². The molecule has 30 heavy (non-hydrogen) atoms. The molecule has 4 aromatic rings. The minimum absolute atomic E-state index is 0.0720. The number of imidazole rings is 1. The monoisotopic (exact) mass is 421 g/mol. The Morgan fingerprint density at radius 2 is 1.93 bits per heavy atom. The summed E-state index contributed by atoms with van der Waals surface area (Å²) in [5.41, 5.74) is 3.20. The van der Waals surface area contributed by atoms with Gasteiger partial charge in [0.2, 0.25) is 0 Å². The van der Waals surface area contributed by atoms with Crippen LogP contribution in [0.4, 0.5) is 0 Å². The Labute approximate surface area is 176 Å². The van der Waals surface area contributed by atoms with Crippen LogP contribution < -0.4 is 10.4 Å². The van der Waals surface area contributed by atoms with Gasteiger partial charge in [-0.3, -0.25) is 4.57 Å². The topological polar surface area (TPSA) is 86.2 Å². The van der Waals surface area contributed by atoms with Gasteiger partial charge >= 0.3 is 11.7 Å². The van der Waals surface area contributed by atoms with Gasteiger partial charge in [0.25, 0.3) is 0 Å². The Kier molecular flexibility index (Phi) is 5.49. The second kappa shape index (κ2) is 8.38. The third kappa shape index (κ3) is 3.90. The number of ether oxygens (including phenoxy) is 2. The fourth-order valence-electron chi connectivity index (χ4n) is 3.06. The molecule has 0 aliphatic rings. The van der Waals surface area contributed by atoms with Crippen LogP contribution in [-0.4, -0.2) is 27.6 Å². The van der Waals surface area contributed by atoms with Gasteiger partial charge in [-0.25, -0.2) is 14.6 Å². The molecule has 7 nitrogen and oxygen atoms in total. The summed E-state index contributed by atoms with van der Waals surface area (Å²) in [6.45, 7) is 1.90. The maximum absolute atomic E-state index is 12.4. The lowest BCUT2D eigenvalue weighted by Crippen LogP contribution is -2.16. The Morgan fingerprint density at radius 1 is 1.17 bits per heavy atom. The molecule has 0 radical (unpaired) electrons. The normalized spacial score (nSPS) is 10.7. The summed E-state index contributed by atoms with van der Waals surface area (Å²) < 4.78 is 12.3. The molecule has 0 fully saturated rings. The van der Waals surface area contributed by atoms with Crippen molar-refractivity contribution in [1.82, 2.24) is 14.5 Å². The third-order valence-electron chi connectivity index (χ3n) is 4.56. The molecule has 0 aliphatic heterocycles. The molecule has 0 spiro atoms. The number of aryl methyl sites for hydroxylation is 1. The van der Waals surface area contributed by atoms with E-state index in [0.29, 0.717) is 16.9 Å². The van der Waals surface area contributed by atoms with Gasteiger partial charge in [-0.15, -0.1) is 11.3 Å². The number of methoxy groups -OCH3 is 1. The number of rotatable bonds is 6. The Balaban J connectivity index is 1.43. The number of carbonyl (C=O) groups excluding carboxylic acids is 1. The molecule has 0 atom stereocenters. The van der Waals surface area contributed by atoms with Gasteiger partial charge in [0.15, 0.2) is 0 Å². The molecule has 0 bridgehead atoms. The fraction of sp³-hybridized carbons (Fsp3) is 0.136. The lowest BCUT2D eigenvalue weighted by atomic mass is 10.2. The molecule has 0 aliphatic carbocycles. The Morgan fingerprint density at radius 3 is 2.63 bits per heavy atom. The molecule has 8 heteroatoms. The number of H-pyrrole nitrogens is 1. The van der Waals surface area contributed by atoms with Crippen LogP contribution in [0.2, 0.25) is 0 Å². The molecule has 0 saturated carbocycles. The molecule has 2 aromatic carbocycles. The zero-order chi connectivity index (χ0) is 21.1. The van der Waals surface area contributed by atoms with Gasteiger partial charge in [-0.2, -0.15) is 0 Å². The quantitative estimate of drug-likeness (QED) is 0.476. The second-order valence-electron chi connectivity index (χ2n) is 6.54. The minimum atomic E-state index is -0.452. The van der Waals surface area contributed by atoms with Gasteiger partial charge in [0.1, 0.15) is 17.4 Å². The third-order valence-corrected chi connectivity index (χ3v) is 5.49. The van der Waals surface area contributed by atoms with E-state index in [2.05, 4.69) is 9.97 Å². The van der Waals surface area contributed by atoms with Crippen LogP contribution in [0.3, 0.4) is 0 Å². The average Bonchev–Trinajstić information content (AvgIpc) is 3.38. The van der Waals surface area contributed by atoms with E-state index in [1.54, 1.807) is 37.6 Å². The number of para-hydroxylation sites is 1. The maximum Gasteiger partial charge on any atom is 0.338 e. The average molecular weight is 421 g/mol. The van der Waals surface area contributed by atoms with Gasteiger partial charge in [-0.05, 0) is 43.3 Å². The summed E-state index contributed by atoms with van der Waals surface area (Å²) in [5.74, 6) is 0.291. The van der Waals surface area contributed by atoms with Crippen molar-refractivity contribution >= 4 is 17.3 Å². The molecule has 4 rings (SSSR count). The largest absolute Gasteiger partial charge is 0.496 e. The Hall–Kier alpha value is -3.65. The van der Waals surface area contributed by atoms with Gasteiger partial charge in [0.05, 0.1) is 29.6 Å². The lowest BCUT2D eigenvalue weighted by molar-refractivity contribution is 0.0468. The van der Waals surface area contributed by atoms with E-state index in [1.807, 2.05) is 36.6 Å². The molecule has 152 valence electrons. The summed E-state index contributed by atoms with van der Waals surface area (Å²) in [5, 5.41) is 2.66. The van der Waals surface area contributed by atoms with Crippen LogP contribution in [0, 0.1) is 6.92 Å². The van der Waals surface area contributed by atoms with Crippen molar-refractivity contribution in [3.63, 3.8) is 0 Å². The first-order chi connectivity index (χ1) is 14.6. The standard InChI is InChI=1S/C22H19N3O4S/c1-14-11-23-22(27)25(14)17-9-7-15(8-10-17)21(26)29-12-16-13-30-20(24-16)18-5-3-4-6-19(18)28-2/h3-11,13H,12H2,1-2H3,(H,23,27). The van der Waals surface area contributed by atoms with Crippen LogP contribution >= 0.6 is 11.3 Å². The van der Waals surface area contributed by atoms with Crippen molar-refractivity contribution in [3.8, 4) is 22.0 Å². The first-order valence-corrected chi connectivity index (χ1v) is 10.1. The predicted octanol–water partition coefficient (Wildman–Crippen LogP) is 3.96. The van der Waals surface area contributed by atoms with E-state index in [9.17, 15) is 9.59 Å². The minimum Gasteiger partial charge on any atom is -0.496 e. The van der Waals surface area contributed by atoms with Crippen LogP contribution in [0.15, 0.2) is 64.9 Å². The number of hydrogen-bond acceptors (Lipinski definition) is 6. The van der Waals surface area contributed by atoms with Crippen molar-refractivity contribution in [2.45, 2.75) is 13.5 Å². The van der Waals surface area contributed by atoms with Crippen molar-refractivity contribution < 1.29 is 14.3 Å². The molecule has 2 heterocycles. The van der Waals surface area contributed by atoms with Crippen LogP contribution in [0.5, 0.6) is 5.75 Å². The van der Waals surface area contributed by atoms with E-state index in [0.717, 1.165) is 22.0 Å². The van der Waals surface area contributed by atoms with Crippen LogP contribution in [0.25, 0.3) is 16.3 Å². The molecule has 1 N–H and O–H groups in total. The number of aromatic amines is 1. The highest BCUT2D eigenvalue weighted by molar-refractivity contribution is 7.13. The molecular weight excluding hydrogens is 402 g/mol. The first kappa shape index (κ1) is 19.7. The second-order valence-corrected chi connectivity index (χ2v) is 7.40. The summed E-state index contributed by atoms with van der Waals surface area (Å²) in [4.78, 5) is 31.4. The van der Waals surface area contributed by atoms with Crippen molar-refractivity contribution in [3.05, 3.63) is 87.5 Å². The van der Waals surface area contributed by atoms with E-state index in [1.165, 1.54) is 15.9 Å². The van der Waals surface area contributed by atoms with Crippen LogP contribution in [-0.2, 0) is 11.3 Å². The lowest BCUT2D eigenvalue weighted by Gasteiger charge is -2.06. The molecule has 0 amide bonds. The number of nitrogens with one attached hydrogen (secondary N) is 1. The van der Waals surface area contributed by atoms with E-state index < -0.39 is 5.97 Å². The number of hydrogen-bond donors (Lipinski definition) is 1. The predicted molar refractivity (Wildman–Crippen MR) is 114 cm³/mol. The molecule has 0 saturated heterocycles. The SMILES string of the molecule is COc1ccccc1-c1nc(COC(=O)c2ccc(-n3c(C)c[nH]c3=O)cc2)cs1. The molecule has 0 unspecified atom stereocenters. The van der Waals surface area contributed by atoms with Gasteiger partial charge in [0, 0.05) is 17.3 Å². The smallest absolute Gasteiger partial charge is 0.338 e. The number of aromatic nitrogens is 3. The maximum atomic E-state index is 12.4. The highest BCUT2D eigenvalue weighted by Gasteiger charge is 2.13. The summed E-state index contributed by atoms with van der Waals surface area (Å²) >= 11 is 1.47. The summed E-state index contributed by atoms with van der Waals surface area (Å²) in [6.07, 6.45) is 1.64. The highest BCUT2D eigenvalue weighted by Crippen LogP contribution is 2.32. The number of thiazole rings is 1. The zero-order valence-corrected chi connectivity index (χ0v) is 17.2. The summed E-state index contributed by atoms with van der Waals surface area (Å²) in [6, 6.07) is 14.3.